The summed E-state index contributed by atoms with van der Waals surface area (Å²) in [6, 6.07) is 7.20. The lowest BCUT2D eigenvalue weighted by molar-refractivity contribution is 0.225. The highest BCUT2D eigenvalue weighted by molar-refractivity contribution is 7.96. The molecule has 0 amide bonds. The van der Waals surface area contributed by atoms with E-state index in [0.29, 0.717) is 5.56 Å². The molecule has 0 atom stereocenters. The minimum atomic E-state index is -0.770. The van der Waals surface area contributed by atoms with Gasteiger partial charge in [0, 0.05) is 5.56 Å². The standard InChI is InChI=1S/C9H9NO2S/c1-6-4-2-3-5-7(6)8(10)12-9(11)13/h2-5,10H,1H3,(H,11,13). The minimum absolute atomic E-state index is 0.168. The summed E-state index contributed by atoms with van der Waals surface area (Å²) in [5.41, 5.74) is 1.49. The average molecular weight is 195 g/mol. The Morgan fingerprint density at radius 1 is 1.46 bits per heavy atom. The van der Waals surface area contributed by atoms with Gasteiger partial charge in [-0.2, -0.15) is 0 Å². The summed E-state index contributed by atoms with van der Waals surface area (Å²) in [5.74, 6) is -0.168. The van der Waals surface area contributed by atoms with E-state index in [1.165, 1.54) is 0 Å². The van der Waals surface area contributed by atoms with E-state index in [4.69, 9.17) is 5.41 Å². The number of aryl methyl sites for hydroxylation is 1. The number of benzene rings is 1. The molecule has 0 unspecified atom stereocenters. The van der Waals surface area contributed by atoms with Gasteiger partial charge in [-0.15, -0.1) is 0 Å². The van der Waals surface area contributed by atoms with Crippen LogP contribution < -0.4 is 0 Å². The summed E-state index contributed by atoms with van der Waals surface area (Å²) < 4.78 is 4.53. The highest BCUT2D eigenvalue weighted by atomic mass is 32.1. The van der Waals surface area contributed by atoms with Crippen molar-refractivity contribution in [2.75, 3.05) is 0 Å². The number of carbonyl (C=O) groups is 1. The van der Waals surface area contributed by atoms with Gasteiger partial charge in [0.1, 0.15) is 0 Å². The molecule has 0 bridgehead atoms. The highest BCUT2D eigenvalue weighted by Gasteiger charge is 2.07. The lowest BCUT2D eigenvalue weighted by Crippen LogP contribution is -2.08. The van der Waals surface area contributed by atoms with Gasteiger partial charge in [0.05, 0.1) is 0 Å². The Labute approximate surface area is 81.6 Å². The van der Waals surface area contributed by atoms with Crippen molar-refractivity contribution >= 4 is 23.8 Å². The van der Waals surface area contributed by atoms with Crippen molar-refractivity contribution in [2.45, 2.75) is 6.92 Å². The molecule has 0 spiro atoms. The van der Waals surface area contributed by atoms with Crippen LogP contribution in [0.5, 0.6) is 0 Å². The van der Waals surface area contributed by atoms with E-state index in [1.807, 2.05) is 19.1 Å². The second kappa shape index (κ2) is 4.09. The molecule has 0 radical (unpaired) electrons. The quantitative estimate of drug-likeness (QED) is 0.313. The predicted molar refractivity (Wildman–Crippen MR) is 53.5 cm³/mol. The largest absolute Gasteiger partial charge is 0.399 e. The third-order valence-electron chi connectivity index (χ3n) is 1.58. The molecule has 0 saturated heterocycles. The van der Waals surface area contributed by atoms with E-state index in [2.05, 4.69) is 17.4 Å². The van der Waals surface area contributed by atoms with Crippen LogP contribution in [0.1, 0.15) is 11.1 Å². The second-order valence-corrected chi connectivity index (χ2v) is 2.88. The van der Waals surface area contributed by atoms with Gasteiger partial charge in [-0.25, -0.2) is 4.79 Å². The summed E-state index contributed by atoms with van der Waals surface area (Å²) in [5, 5.41) is 6.64. The van der Waals surface area contributed by atoms with Crippen molar-refractivity contribution in [1.29, 1.82) is 5.41 Å². The van der Waals surface area contributed by atoms with Gasteiger partial charge < -0.3 is 4.74 Å². The number of hydrogen-bond acceptors (Lipinski definition) is 3. The van der Waals surface area contributed by atoms with Crippen LogP contribution in [0.2, 0.25) is 0 Å². The van der Waals surface area contributed by atoms with Gasteiger partial charge in [0.25, 0.3) is 0 Å². The van der Waals surface area contributed by atoms with Crippen LogP contribution in [-0.4, -0.2) is 11.2 Å². The van der Waals surface area contributed by atoms with E-state index in [0.717, 1.165) is 5.56 Å². The smallest absolute Gasteiger partial charge is 0.370 e. The molecular formula is C9H9NO2S. The number of ether oxygens (including phenoxy) is 1. The van der Waals surface area contributed by atoms with Crippen LogP contribution in [0.25, 0.3) is 0 Å². The number of thiol groups is 1. The topological polar surface area (TPSA) is 50.1 Å². The summed E-state index contributed by atoms with van der Waals surface area (Å²) >= 11 is 3.42. The van der Waals surface area contributed by atoms with Gasteiger partial charge in [-0.1, -0.05) is 30.8 Å². The number of rotatable bonds is 1. The molecule has 1 aromatic carbocycles. The van der Waals surface area contributed by atoms with Crippen molar-refractivity contribution in [3.63, 3.8) is 0 Å². The molecule has 1 aromatic rings. The predicted octanol–water partition coefficient (Wildman–Crippen LogP) is 2.39. The van der Waals surface area contributed by atoms with Crippen LogP contribution in [0.4, 0.5) is 4.79 Å². The lowest BCUT2D eigenvalue weighted by atomic mass is 10.1. The summed E-state index contributed by atoms with van der Waals surface area (Å²) in [4.78, 5) is 10.4. The van der Waals surface area contributed by atoms with Crippen LogP contribution in [-0.2, 0) is 4.74 Å². The molecule has 13 heavy (non-hydrogen) atoms. The Kier molecular flexibility index (Phi) is 3.08. The normalized spacial score (nSPS) is 9.38. The fourth-order valence-electron chi connectivity index (χ4n) is 0.970. The van der Waals surface area contributed by atoms with Crippen molar-refractivity contribution in [3.8, 4) is 0 Å². The Morgan fingerprint density at radius 2 is 2.08 bits per heavy atom. The number of hydrogen-bond donors (Lipinski definition) is 2. The van der Waals surface area contributed by atoms with Gasteiger partial charge in [-0.05, 0) is 18.6 Å². The van der Waals surface area contributed by atoms with E-state index in [-0.39, 0.29) is 5.90 Å². The van der Waals surface area contributed by atoms with Crippen molar-refractivity contribution in [2.24, 2.45) is 0 Å². The molecule has 0 saturated carbocycles. The number of carbonyl (C=O) groups excluding carboxylic acids is 1. The minimum Gasteiger partial charge on any atom is -0.399 e. The molecule has 0 heterocycles. The molecule has 0 fully saturated rings. The number of nitrogens with one attached hydrogen (secondary N) is 1. The third kappa shape index (κ3) is 2.59. The van der Waals surface area contributed by atoms with Crippen molar-refractivity contribution < 1.29 is 9.53 Å². The SMILES string of the molecule is Cc1ccccc1C(=N)OC(=O)S. The van der Waals surface area contributed by atoms with Gasteiger partial charge in [-0.3, -0.25) is 5.41 Å². The van der Waals surface area contributed by atoms with Gasteiger partial charge >= 0.3 is 5.30 Å². The maximum atomic E-state index is 10.4. The summed E-state index contributed by atoms with van der Waals surface area (Å²) in [7, 11) is 0. The zero-order valence-corrected chi connectivity index (χ0v) is 7.97. The molecule has 1 N–H and O–H groups in total. The molecule has 68 valence electrons. The zero-order chi connectivity index (χ0) is 9.84. The first kappa shape index (κ1) is 9.80. The molecule has 1 rings (SSSR count). The summed E-state index contributed by atoms with van der Waals surface area (Å²) in [6.07, 6.45) is 0. The first-order valence-electron chi connectivity index (χ1n) is 3.66. The van der Waals surface area contributed by atoms with Crippen LogP contribution in [0, 0.1) is 12.3 Å². The fraction of sp³-hybridized carbons (Fsp3) is 0.111. The molecule has 0 aliphatic heterocycles. The van der Waals surface area contributed by atoms with Crippen molar-refractivity contribution in [3.05, 3.63) is 35.4 Å². The molecule has 4 heteroatoms. The molecule has 0 aromatic heterocycles. The van der Waals surface area contributed by atoms with Crippen LogP contribution in [0.3, 0.4) is 0 Å². The highest BCUT2D eigenvalue weighted by Crippen LogP contribution is 2.08. The maximum absolute atomic E-state index is 10.4. The zero-order valence-electron chi connectivity index (χ0n) is 7.07. The Bertz CT molecular complexity index is 349. The Balaban J connectivity index is 2.89. The molecule has 0 aliphatic carbocycles. The van der Waals surface area contributed by atoms with Crippen LogP contribution >= 0.6 is 12.6 Å². The Morgan fingerprint density at radius 3 is 2.62 bits per heavy atom. The van der Waals surface area contributed by atoms with E-state index >= 15 is 0 Å². The van der Waals surface area contributed by atoms with E-state index < -0.39 is 5.30 Å². The van der Waals surface area contributed by atoms with E-state index in [9.17, 15) is 4.79 Å². The van der Waals surface area contributed by atoms with Crippen LogP contribution in [0.15, 0.2) is 24.3 Å². The first-order valence-corrected chi connectivity index (χ1v) is 4.11. The molecule has 0 aliphatic rings. The fourth-order valence-corrected chi connectivity index (χ4v) is 1.06. The van der Waals surface area contributed by atoms with Crippen molar-refractivity contribution in [1.82, 2.24) is 0 Å². The van der Waals surface area contributed by atoms with Gasteiger partial charge in [0.15, 0.2) is 0 Å². The average Bonchev–Trinajstić information content (AvgIpc) is 2.03. The van der Waals surface area contributed by atoms with E-state index in [1.54, 1.807) is 12.1 Å². The molecule has 3 nitrogen and oxygen atoms in total. The lowest BCUT2D eigenvalue weighted by Gasteiger charge is -2.04. The molecular weight excluding hydrogens is 186 g/mol. The Hall–Kier alpha value is -1.29. The second-order valence-electron chi connectivity index (χ2n) is 2.51. The monoisotopic (exact) mass is 195 g/mol. The summed E-state index contributed by atoms with van der Waals surface area (Å²) in [6.45, 7) is 1.84. The maximum Gasteiger partial charge on any atom is 0.370 e. The third-order valence-corrected chi connectivity index (χ3v) is 1.67. The van der Waals surface area contributed by atoms with Gasteiger partial charge in [0.2, 0.25) is 5.90 Å². The first-order chi connectivity index (χ1) is 6.11.